The molecule has 0 fully saturated rings. The first-order valence-corrected chi connectivity index (χ1v) is 11.4. The molecule has 2 N–H and O–H groups in total. The number of ether oxygens (including phenoxy) is 2. The first-order valence-electron chi connectivity index (χ1n) is 9.87. The summed E-state index contributed by atoms with van der Waals surface area (Å²) in [6.07, 6.45) is -3.87. The number of carbonyl (C=O) groups excluding carboxylic acids is 1. The van der Waals surface area contributed by atoms with E-state index in [1.54, 1.807) is 6.92 Å². The molecule has 2 aromatic carbocycles. The SMILES string of the molecule is CCOC(=O)N[C@H]1CCc2c(S(=O)(=O)Nc3ccc(C(F)(F)F)cc3)ccc(OC)c2C1. The zero-order chi connectivity index (χ0) is 23.5. The van der Waals surface area contributed by atoms with Crippen LogP contribution in [0.2, 0.25) is 0 Å². The fraction of sp³-hybridized carbons (Fsp3) is 0.381. The van der Waals surface area contributed by atoms with Gasteiger partial charge in [0.1, 0.15) is 5.75 Å². The van der Waals surface area contributed by atoms with Crippen LogP contribution in [-0.4, -0.2) is 34.3 Å². The molecule has 0 unspecified atom stereocenters. The molecule has 11 heteroatoms. The Morgan fingerprint density at radius 2 is 1.81 bits per heavy atom. The van der Waals surface area contributed by atoms with Crippen molar-refractivity contribution in [3.63, 3.8) is 0 Å². The molecule has 0 radical (unpaired) electrons. The number of alkyl halides is 3. The molecule has 2 aromatic rings. The molecule has 0 spiro atoms. The van der Waals surface area contributed by atoms with Crippen molar-refractivity contribution in [2.75, 3.05) is 18.4 Å². The van der Waals surface area contributed by atoms with E-state index in [1.165, 1.54) is 19.2 Å². The summed E-state index contributed by atoms with van der Waals surface area (Å²) in [6.45, 7) is 1.93. The van der Waals surface area contributed by atoms with Crippen molar-refractivity contribution in [3.8, 4) is 5.75 Å². The van der Waals surface area contributed by atoms with Gasteiger partial charge in [-0.05, 0) is 68.1 Å². The van der Waals surface area contributed by atoms with Gasteiger partial charge in [-0.2, -0.15) is 13.2 Å². The summed E-state index contributed by atoms with van der Waals surface area (Å²) >= 11 is 0. The van der Waals surface area contributed by atoms with E-state index < -0.39 is 27.9 Å². The number of nitrogens with one attached hydrogen (secondary N) is 2. The second-order valence-corrected chi connectivity index (χ2v) is 8.86. The lowest BCUT2D eigenvalue weighted by molar-refractivity contribution is -0.137. The van der Waals surface area contributed by atoms with Crippen molar-refractivity contribution < 1.29 is 35.9 Å². The molecule has 7 nitrogen and oxygen atoms in total. The van der Waals surface area contributed by atoms with Crippen molar-refractivity contribution in [1.29, 1.82) is 0 Å². The van der Waals surface area contributed by atoms with Gasteiger partial charge in [0.2, 0.25) is 0 Å². The van der Waals surface area contributed by atoms with Gasteiger partial charge in [0.25, 0.3) is 10.0 Å². The lowest BCUT2D eigenvalue weighted by atomic mass is 9.87. The normalized spacial score (nSPS) is 16.1. The highest BCUT2D eigenvalue weighted by Gasteiger charge is 2.31. The summed E-state index contributed by atoms with van der Waals surface area (Å²) in [5.41, 5.74) is 0.337. The van der Waals surface area contributed by atoms with Crippen molar-refractivity contribution in [1.82, 2.24) is 5.32 Å². The highest BCUT2D eigenvalue weighted by atomic mass is 32.2. The molecule has 1 atom stereocenters. The number of hydrogen-bond acceptors (Lipinski definition) is 5. The van der Waals surface area contributed by atoms with Gasteiger partial charge in [0.15, 0.2) is 0 Å². The number of halogens is 3. The van der Waals surface area contributed by atoms with Crippen LogP contribution in [-0.2, 0) is 33.8 Å². The van der Waals surface area contributed by atoms with Crippen molar-refractivity contribution in [3.05, 3.63) is 53.1 Å². The molecule has 0 aromatic heterocycles. The average Bonchev–Trinajstić information content (AvgIpc) is 2.72. The summed E-state index contributed by atoms with van der Waals surface area (Å²) in [5.74, 6) is 0.490. The molecular weight excluding hydrogens is 449 g/mol. The number of sulfonamides is 1. The number of alkyl carbamates (subject to hydrolysis) is 1. The van der Waals surface area contributed by atoms with Crippen LogP contribution < -0.4 is 14.8 Å². The molecular formula is C21H23F3N2O5S. The number of amides is 1. The number of carbonyl (C=O) groups is 1. The van der Waals surface area contributed by atoms with Crippen LogP contribution in [0, 0.1) is 0 Å². The number of benzene rings is 2. The third kappa shape index (κ3) is 5.26. The van der Waals surface area contributed by atoms with E-state index in [1.807, 2.05) is 0 Å². The topological polar surface area (TPSA) is 93.7 Å². The Kier molecular flexibility index (Phi) is 6.87. The number of fused-ring (bicyclic) bond motifs is 1. The molecule has 0 bridgehead atoms. The van der Waals surface area contributed by atoms with Gasteiger partial charge in [-0.25, -0.2) is 13.2 Å². The minimum atomic E-state index is -4.51. The van der Waals surface area contributed by atoms with Crippen LogP contribution in [0.3, 0.4) is 0 Å². The first kappa shape index (κ1) is 23.7. The first-order chi connectivity index (χ1) is 15.0. The predicted octanol–water partition coefficient (Wildman–Crippen LogP) is 4.12. The van der Waals surface area contributed by atoms with E-state index in [0.717, 1.165) is 24.3 Å². The maximum atomic E-state index is 13.0. The third-order valence-electron chi connectivity index (χ3n) is 5.11. The molecule has 0 aliphatic heterocycles. The Hall–Kier alpha value is -2.95. The summed E-state index contributed by atoms with van der Waals surface area (Å²) < 4.78 is 76.9. The zero-order valence-electron chi connectivity index (χ0n) is 17.5. The van der Waals surface area contributed by atoms with Crippen LogP contribution in [0.1, 0.15) is 30.0 Å². The fourth-order valence-electron chi connectivity index (χ4n) is 3.66. The molecule has 1 aliphatic rings. The van der Waals surface area contributed by atoms with Gasteiger partial charge < -0.3 is 14.8 Å². The Bertz CT molecular complexity index is 1090. The number of hydrogen-bond donors (Lipinski definition) is 2. The van der Waals surface area contributed by atoms with Crippen LogP contribution >= 0.6 is 0 Å². The van der Waals surface area contributed by atoms with Gasteiger partial charge >= 0.3 is 12.3 Å². The summed E-state index contributed by atoms with van der Waals surface area (Å²) in [7, 11) is -2.61. The lowest BCUT2D eigenvalue weighted by Gasteiger charge is -2.28. The van der Waals surface area contributed by atoms with E-state index in [0.29, 0.717) is 36.1 Å². The van der Waals surface area contributed by atoms with Gasteiger partial charge in [0, 0.05) is 17.3 Å². The number of anilines is 1. The van der Waals surface area contributed by atoms with Crippen molar-refractivity contribution in [2.45, 2.75) is 43.3 Å². The Labute approximate surface area is 184 Å². The number of methoxy groups -OCH3 is 1. The van der Waals surface area contributed by atoms with Crippen LogP contribution in [0.15, 0.2) is 41.3 Å². The second kappa shape index (κ2) is 9.27. The Morgan fingerprint density at radius 3 is 2.41 bits per heavy atom. The van der Waals surface area contributed by atoms with Crippen LogP contribution in [0.4, 0.5) is 23.7 Å². The number of rotatable bonds is 6. The predicted molar refractivity (Wildman–Crippen MR) is 111 cm³/mol. The van der Waals surface area contributed by atoms with E-state index in [2.05, 4.69) is 10.0 Å². The fourth-order valence-corrected chi connectivity index (χ4v) is 5.01. The highest BCUT2D eigenvalue weighted by Crippen LogP contribution is 2.35. The van der Waals surface area contributed by atoms with Gasteiger partial charge in [-0.15, -0.1) is 0 Å². The molecule has 174 valence electrons. The molecule has 0 saturated carbocycles. The smallest absolute Gasteiger partial charge is 0.416 e. The average molecular weight is 472 g/mol. The van der Waals surface area contributed by atoms with E-state index in [9.17, 15) is 26.4 Å². The van der Waals surface area contributed by atoms with Crippen LogP contribution in [0.25, 0.3) is 0 Å². The summed E-state index contributed by atoms with van der Waals surface area (Å²) in [6, 6.07) is 6.43. The quantitative estimate of drug-likeness (QED) is 0.660. The molecule has 0 heterocycles. The standard InChI is InChI=1S/C21H23F3N2O5S/c1-3-31-20(27)25-15-8-9-16-17(12-15)18(30-2)10-11-19(16)32(28,29)26-14-6-4-13(5-7-14)21(22,23)24/h4-7,10-11,15,26H,3,8-9,12H2,1-2H3,(H,25,27)/t15-/m0/s1. The lowest BCUT2D eigenvalue weighted by Crippen LogP contribution is -2.39. The van der Waals surface area contributed by atoms with Gasteiger partial charge in [0.05, 0.1) is 24.2 Å². The highest BCUT2D eigenvalue weighted by molar-refractivity contribution is 7.92. The molecule has 32 heavy (non-hydrogen) atoms. The third-order valence-corrected chi connectivity index (χ3v) is 6.58. The van der Waals surface area contributed by atoms with Crippen molar-refractivity contribution >= 4 is 21.8 Å². The maximum absolute atomic E-state index is 13.0. The van der Waals surface area contributed by atoms with E-state index in [4.69, 9.17) is 9.47 Å². The molecule has 1 aliphatic carbocycles. The monoisotopic (exact) mass is 472 g/mol. The molecule has 3 rings (SSSR count). The van der Waals surface area contributed by atoms with E-state index in [-0.39, 0.29) is 23.2 Å². The van der Waals surface area contributed by atoms with Gasteiger partial charge in [-0.3, -0.25) is 4.72 Å². The molecule has 1 amide bonds. The van der Waals surface area contributed by atoms with Crippen molar-refractivity contribution in [2.24, 2.45) is 0 Å². The van der Waals surface area contributed by atoms with Gasteiger partial charge in [-0.1, -0.05) is 0 Å². The largest absolute Gasteiger partial charge is 0.496 e. The van der Waals surface area contributed by atoms with Crippen LogP contribution in [0.5, 0.6) is 5.75 Å². The zero-order valence-corrected chi connectivity index (χ0v) is 18.3. The maximum Gasteiger partial charge on any atom is 0.416 e. The Balaban J connectivity index is 1.88. The Morgan fingerprint density at radius 1 is 1.12 bits per heavy atom. The molecule has 0 saturated heterocycles. The minimum Gasteiger partial charge on any atom is -0.496 e. The summed E-state index contributed by atoms with van der Waals surface area (Å²) in [4.78, 5) is 11.8. The van der Waals surface area contributed by atoms with E-state index >= 15 is 0 Å². The second-order valence-electron chi connectivity index (χ2n) is 7.21. The summed E-state index contributed by atoms with van der Waals surface area (Å²) in [5, 5.41) is 2.75. The minimum absolute atomic E-state index is 0.0141.